The number of carbonyl (C=O) groups excluding carboxylic acids is 2. The molecule has 0 radical (unpaired) electrons. The topological polar surface area (TPSA) is 75.0 Å². The van der Waals surface area contributed by atoms with Gasteiger partial charge in [-0.1, -0.05) is 12.1 Å². The largest absolute Gasteiger partial charge is 0.491 e. The Balaban J connectivity index is 1.41. The Morgan fingerprint density at radius 2 is 1.73 bits per heavy atom. The predicted molar refractivity (Wildman–Crippen MR) is 101 cm³/mol. The van der Waals surface area contributed by atoms with Gasteiger partial charge in [-0.25, -0.2) is 4.79 Å². The monoisotopic (exact) mass is 425 g/mol. The summed E-state index contributed by atoms with van der Waals surface area (Å²) < 4.78 is 49.3. The van der Waals surface area contributed by atoms with Gasteiger partial charge >= 0.3 is 12.2 Å². The van der Waals surface area contributed by atoms with Crippen LogP contribution in [0.25, 0.3) is 0 Å². The number of ether oxygens (including phenoxy) is 1. The molecule has 30 heavy (non-hydrogen) atoms. The molecule has 1 fully saturated rings. The summed E-state index contributed by atoms with van der Waals surface area (Å²) in [6.45, 7) is 3.11. The summed E-state index contributed by atoms with van der Waals surface area (Å²) in [6.07, 6.45) is -4.51. The van der Waals surface area contributed by atoms with Crippen LogP contribution in [0.15, 0.2) is 40.8 Å². The van der Waals surface area contributed by atoms with Crippen molar-refractivity contribution in [3.05, 3.63) is 53.5 Å². The number of piperazine rings is 1. The van der Waals surface area contributed by atoms with Gasteiger partial charge in [0.05, 0.1) is 12.1 Å². The molecule has 1 aromatic carbocycles. The summed E-state index contributed by atoms with van der Waals surface area (Å²) >= 11 is 0. The van der Waals surface area contributed by atoms with E-state index in [0.29, 0.717) is 31.9 Å². The number of amides is 3. The van der Waals surface area contributed by atoms with Gasteiger partial charge in [-0.05, 0) is 31.2 Å². The Morgan fingerprint density at radius 1 is 1.07 bits per heavy atom. The average molecular weight is 425 g/mol. The van der Waals surface area contributed by atoms with Crippen molar-refractivity contribution in [1.82, 2.24) is 15.1 Å². The molecule has 0 unspecified atom stereocenters. The van der Waals surface area contributed by atoms with Gasteiger partial charge < -0.3 is 24.3 Å². The molecule has 1 aliphatic heterocycles. The van der Waals surface area contributed by atoms with Crippen LogP contribution in [0.3, 0.4) is 0 Å². The lowest BCUT2D eigenvalue weighted by Gasteiger charge is -2.34. The number of alkyl halides is 3. The van der Waals surface area contributed by atoms with Gasteiger partial charge in [0.1, 0.15) is 18.1 Å². The lowest BCUT2D eigenvalue weighted by molar-refractivity contribution is -0.138. The number of urea groups is 1. The minimum atomic E-state index is -4.51. The molecule has 0 spiro atoms. The highest BCUT2D eigenvalue weighted by molar-refractivity contribution is 5.91. The van der Waals surface area contributed by atoms with Crippen molar-refractivity contribution in [3.8, 4) is 5.75 Å². The SMILES string of the molecule is Cc1ccc(C(=O)N2CCN(C(=O)NCCOc3ccccc3C(F)(F)F)CC2)o1. The third-order valence-corrected chi connectivity index (χ3v) is 4.63. The van der Waals surface area contributed by atoms with Crippen LogP contribution in [-0.4, -0.2) is 61.1 Å². The third-order valence-electron chi connectivity index (χ3n) is 4.63. The van der Waals surface area contributed by atoms with E-state index in [1.807, 2.05) is 0 Å². The standard InChI is InChI=1S/C20H22F3N3O4/c1-14-6-7-17(30-14)18(27)25-9-11-26(12-10-25)19(28)24-8-13-29-16-5-3-2-4-15(16)20(21,22)23/h2-7H,8-13H2,1H3,(H,24,28). The molecule has 3 amide bonds. The second kappa shape index (κ2) is 9.10. The molecule has 162 valence electrons. The molecular weight excluding hydrogens is 403 g/mol. The van der Waals surface area contributed by atoms with E-state index in [1.54, 1.807) is 28.9 Å². The Morgan fingerprint density at radius 3 is 2.37 bits per heavy atom. The Kier molecular flexibility index (Phi) is 6.53. The third kappa shape index (κ3) is 5.25. The molecule has 2 heterocycles. The minimum Gasteiger partial charge on any atom is -0.491 e. The summed E-state index contributed by atoms with van der Waals surface area (Å²) in [5.74, 6) is 0.414. The van der Waals surface area contributed by atoms with Crippen molar-refractivity contribution in [3.63, 3.8) is 0 Å². The number of hydrogen-bond acceptors (Lipinski definition) is 4. The number of carbonyl (C=O) groups is 2. The molecule has 1 aliphatic rings. The molecule has 3 rings (SSSR count). The van der Waals surface area contributed by atoms with E-state index in [4.69, 9.17) is 9.15 Å². The van der Waals surface area contributed by atoms with Gasteiger partial charge in [0.15, 0.2) is 5.76 Å². The van der Waals surface area contributed by atoms with Gasteiger partial charge in [-0.2, -0.15) is 13.2 Å². The van der Waals surface area contributed by atoms with Crippen LogP contribution < -0.4 is 10.1 Å². The maximum atomic E-state index is 12.9. The Labute approximate surface area is 171 Å². The van der Waals surface area contributed by atoms with Crippen LogP contribution in [0.5, 0.6) is 5.75 Å². The zero-order valence-corrected chi connectivity index (χ0v) is 16.4. The van der Waals surface area contributed by atoms with Crippen molar-refractivity contribution in [2.75, 3.05) is 39.3 Å². The molecule has 0 aliphatic carbocycles. The zero-order chi connectivity index (χ0) is 21.7. The average Bonchev–Trinajstić information content (AvgIpc) is 3.16. The van der Waals surface area contributed by atoms with Gasteiger partial charge in [-0.15, -0.1) is 0 Å². The maximum absolute atomic E-state index is 12.9. The Bertz CT molecular complexity index is 889. The van der Waals surface area contributed by atoms with Crippen LogP contribution in [-0.2, 0) is 6.18 Å². The fourth-order valence-corrected chi connectivity index (χ4v) is 3.08. The van der Waals surface area contributed by atoms with Crippen LogP contribution >= 0.6 is 0 Å². The van der Waals surface area contributed by atoms with Crippen molar-refractivity contribution in [1.29, 1.82) is 0 Å². The van der Waals surface area contributed by atoms with Crippen LogP contribution in [0.4, 0.5) is 18.0 Å². The first-order valence-electron chi connectivity index (χ1n) is 9.43. The molecule has 0 atom stereocenters. The number of aryl methyl sites for hydroxylation is 1. The smallest absolute Gasteiger partial charge is 0.419 e. The molecule has 0 saturated carbocycles. The van der Waals surface area contributed by atoms with Gasteiger partial charge in [0.25, 0.3) is 5.91 Å². The number of furan rings is 1. The van der Waals surface area contributed by atoms with Crippen molar-refractivity contribution in [2.24, 2.45) is 0 Å². The number of para-hydroxylation sites is 1. The summed E-state index contributed by atoms with van der Waals surface area (Å²) in [7, 11) is 0. The summed E-state index contributed by atoms with van der Waals surface area (Å²) in [6, 6.07) is 7.90. The van der Waals surface area contributed by atoms with Gasteiger partial charge in [0, 0.05) is 26.2 Å². The molecule has 1 N–H and O–H groups in total. The molecule has 1 saturated heterocycles. The van der Waals surface area contributed by atoms with E-state index in [-0.39, 0.29) is 36.6 Å². The molecule has 7 nitrogen and oxygen atoms in total. The first kappa shape index (κ1) is 21.5. The van der Waals surface area contributed by atoms with Crippen molar-refractivity contribution in [2.45, 2.75) is 13.1 Å². The fraction of sp³-hybridized carbons (Fsp3) is 0.400. The quantitative estimate of drug-likeness (QED) is 0.747. The lowest BCUT2D eigenvalue weighted by atomic mass is 10.2. The molecule has 0 bridgehead atoms. The normalized spacial score (nSPS) is 14.5. The summed E-state index contributed by atoms with van der Waals surface area (Å²) in [5.41, 5.74) is -0.858. The number of halogens is 3. The van der Waals surface area contributed by atoms with E-state index in [1.165, 1.54) is 18.2 Å². The maximum Gasteiger partial charge on any atom is 0.419 e. The first-order chi connectivity index (χ1) is 14.3. The molecule has 2 aromatic rings. The van der Waals surface area contributed by atoms with E-state index >= 15 is 0 Å². The summed E-state index contributed by atoms with van der Waals surface area (Å²) in [5, 5.41) is 2.62. The molecule has 10 heteroatoms. The number of benzene rings is 1. The van der Waals surface area contributed by atoms with Gasteiger partial charge in [-0.3, -0.25) is 4.79 Å². The van der Waals surface area contributed by atoms with Crippen LogP contribution in [0.2, 0.25) is 0 Å². The first-order valence-corrected chi connectivity index (χ1v) is 9.43. The minimum absolute atomic E-state index is 0.0514. The van der Waals surface area contributed by atoms with E-state index in [2.05, 4.69) is 5.32 Å². The van der Waals surface area contributed by atoms with Crippen molar-refractivity contribution >= 4 is 11.9 Å². The number of nitrogens with zero attached hydrogens (tertiary/aromatic N) is 2. The van der Waals surface area contributed by atoms with Crippen LogP contribution in [0.1, 0.15) is 21.9 Å². The zero-order valence-electron chi connectivity index (χ0n) is 16.4. The van der Waals surface area contributed by atoms with Gasteiger partial charge in [0.2, 0.25) is 0 Å². The second-order valence-corrected chi connectivity index (χ2v) is 6.76. The van der Waals surface area contributed by atoms with Crippen molar-refractivity contribution < 1.29 is 31.9 Å². The highest BCUT2D eigenvalue weighted by atomic mass is 19.4. The number of rotatable bonds is 5. The summed E-state index contributed by atoms with van der Waals surface area (Å²) in [4.78, 5) is 27.7. The highest BCUT2D eigenvalue weighted by Gasteiger charge is 2.34. The molecule has 1 aromatic heterocycles. The molecular formula is C20H22F3N3O4. The van der Waals surface area contributed by atoms with E-state index < -0.39 is 11.7 Å². The Hall–Kier alpha value is -3.17. The lowest BCUT2D eigenvalue weighted by Crippen LogP contribution is -2.53. The van der Waals surface area contributed by atoms with Crippen LogP contribution in [0, 0.1) is 6.92 Å². The predicted octanol–water partition coefficient (Wildman–Crippen LogP) is 3.15. The highest BCUT2D eigenvalue weighted by Crippen LogP contribution is 2.35. The van der Waals surface area contributed by atoms with E-state index in [0.717, 1.165) is 6.07 Å². The second-order valence-electron chi connectivity index (χ2n) is 6.76. The number of nitrogens with one attached hydrogen (secondary N) is 1. The fourth-order valence-electron chi connectivity index (χ4n) is 3.08. The van der Waals surface area contributed by atoms with E-state index in [9.17, 15) is 22.8 Å². The number of hydrogen-bond donors (Lipinski definition) is 1.